The van der Waals surface area contributed by atoms with Gasteiger partial charge in [-0.05, 0) is 36.8 Å². The zero-order chi connectivity index (χ0) is 15.7. The lowest BCUT2D eigenvalue weighted by Gasteiger charge is -2.20. The summed E-state index contributed by atoms with van der Waals surface area (Å²) in [6.45, 7) is 1.83. The minimum Gasteiger partial charge on any atom is -0.318 e. The van der Waals surface area contributed by atoms with Crippen molar-refractivity contribution in [3.63, 3.8) is 0 Å². The van der Waals surface area contributed by atoms with Gasteiger partial charge in [0.05, 0.1) is 12.2 Å². The predicted molar refractivity (Wildman–Crippen MR) is 82.1 cm³/mol. The molecule has 0 saturated carbocycles. The Morgan fingerprint density at radius 1 is 1.23 bits per heavy atom. The van der Waals surface area contributed by atoms with Gasteiger partial charge in [-0.25, -0.2) is 4.79 Å². The van der Waals surface area contributed by atoms with Crippen molar-refractivity contribution in [2.75, 3.05) is 0 Å². The number of nitrogens with one attached hydrogen (secondary N) is 1. The molecule has 6 heteroatoms. The molecule has 1 aromatic heterocycles. The van der Waals surface area contributed by atoms with E-state index in [1.807, 2.05) is 6.07 Å². The number of benzene rings is 1. The number of carbonyl (C=O) groups excluding carboxylic acids is 2. The van der Waals surface area contributed by atoms with Crippen LogP contribution in [-0.2, 0) is 16.9 Å². The molecule has 1 aliphatic heterocycles. The molecule has 0 aliphatic carbocycles. The van der Waals surface area contributed by atoms with E-state index in [1.165, 1.54) is 4.90 Å². The van der Waals surface area contributed by atoms with Crippen molar-refractivity contribution in [2.45, 2.75) is 19.0 Å². The molecule has 1 fully saturated rings. The molecule has 1 atom stereocenters. The minimum absolute atomic E-state index is 0.174. The van der Waals surface area contributed by atoms with Crippen LogP contribution in [0.25, 0.3) is 0 Å². The zero-order valence-corrected chi connectivity index (χ0v) is 12.7. The Balaban J connectivity index is 1.89. The fraction of sp³-hybridized carbons (Fsp3) is 0.188. The summed E-state index contributed by atoms with van der Waals surface area (Å²) in [5.41, 5.74) is 0.167. The van der Waals surface area contributed by atoms with E-state index in [0.717, 1.165) is 5.56 Å². The molecule has 0 bridgehead atoms. The molecule has 3 rings (SSSR count). The molecule has 22 heavy (non-hydrogen) atoms. The van der Waals surface area contributed by atoms with Gasteiger partial charge in [0.2, 0.25) is 0 Å². The van der Waals surface area contributed by atoms with Crippen LogP contribution in [0, 0.1) is 0 Å². The molecule has 0 spiro atoms. The fourth-order valence-electron chi connectivity index (χ4n) is 2.49. The van der Waals surface area contributed by atoms with E-state index in [2.05, 4.69) is 10.3 Å². The molecule has 1 aliphatic rings. The first-order valence-corrected chi connectivity index (χ1v) is 7.18. The minimum atomic E-state index is -1.14. The summed E-state index contributed by atoms with van der Waals surface area (Å²) in [5, 5.41) is 3.29. The van der Waals surface area contributed by atoms with Crippen LogP contribution in [0.15, 0.2) is 48.7 Å². The van der Waals surface area contributed by atoms with Crippen molar-refractivity contribution in [2.24, 2.45) is 0 Å². The van der Waals surface area contributed by atoms with E-state index >= 15 is 0 Å². The Labute approximate surface area is 132 Å². The van der Waals surface area contributed by atoms with Crippen LogP contribution in [0.4, 0.5) is 4.79 Å². The van der Waals surface area contributed by atoms with Gasteiger partial charge in [0, 0.05) is 11.2 Å². The Bertz CT molecular complexity index is 735. The van der Waals surface area contributed by atoms with Crippen molar-refractivity contribution in [3.8, 4) is 0 Å². The number of aromatic nitrogens is 1. The van der Waals surface area contributed by atoms with E-state index in [4.69, 9.17) is 11.6 Å². The van der Waals surface area contributed by atoms with Gasteiger partial charge in [-0.15, -0.1) is 0 Å². The first-order chi connectivity index (χ1) is 10.5. The predicted octanol–water partition coefficient (Wildman–Crippen LogP) is 2.70. The lowest BCUT2D eigenvalue weighted by Crippen LogP contribution is -2.41. The van der Waals surface area contributed by atoms with Gasteiger partial charge in [0.15, 0.2) is 5.54 Å². The highest BCUT2D eigenvalue weighted by Crippen LogP contribution is 2.28. The zero-order valence-electron chi connectivity index (χ0n) is 11.9. The lowest BCUT2D eigenvalue weighted by atomic mass is 9.97. The molecular weight excluding hydrogens is 302 g/mol. The summed E-state index contributed by atoms with van der Waals surface area (Å²) in [7, 11) is 0. The lowest BCUT2D eigenvalue weighted by molar-refractivity contribution is -0.131. The topological polar surface area (TPSA) is 62.3 Å². The van der Waals surface area contributed by atoms with E-state index in [-0.39, 0.29) is 12.5 Å². The van der Waals surface area contributed by atoms with E-state index in [9.17, 15) is 9.59 Å². The van der Waals surface area contributed by atoms with Crippen LogP contribution in [0.5, 0.6) is 0 Å². The second-order valence-corrected chi connectivity index (χ2v) is 5.73. The molecule has 1 N–H and O–H groups in total. The highest BCUT2D eigenvalue weighted by molar-refractivity contribution is 6.30. The maximum absolute atomic E-state index is 12.7. The number of hydrogen-bond donors (Lipinski definition) is 1. The summed E-state index contributed by atoms with van der Waals surface area (Å²) < 4.78 is 0. The van der Waals surface area contributed by atoms with Crippen molar-refractivity contribution >= 4 is 23.5 Å². The number of carbonyl (C=O) groups is 2. The van der Waals surface area contributed by atoms with Gasteiger partial charge in [-0.1, -0.05) is 29.8 Å². The van der Waals surface area contributed by atoms with Crippen LogP contribution < -0.4 is 5.32 Å². The van der Waals surface area contributed by atoms with Crippen LogP contribution >= 0.6 is 11.6 Å². The van der Waals surface area contributed by atoms with Crippen molar-refractivity contribution in [3.05, 3.63) is 64.9 Å². The first kappa shape index (κ1) is 14.5. The maximum atomic E-state index is 12.7. The average Bonchev–Trinajstić information content (AvgIpc) is 2.73. The Hall–Kier alpha value is -2.40. The van der Waals surface area contributed by atoms with Crippen molar-refractivity contribution in [1.82, 2.24) is 15.2 Å². The molecule has 1 saturated heterocycles. The maximum Gasteiger partial charge on any atom is 0.325 e. The molecule has 1 aromatic carbocycles. The number of nitrogens with zero attached hydrogens (tertiary/aromatic N) is 2. The van der Waals surface area contributed by atoms with E-state index in [0.29, 0.717) is 10.7 Å². The molecule has 3 amide bonds. The second kappa shape index (κ2) is 5.42. The largest absolute Gasteiger partial charge is 0.325 e. The van der Waals surface area contributed by atoms with Crippen molar-refractivity contribution in [1.29, 1.82) is 0 Å². The van der Waals surface area contributed by atoms with Crippen LogP contribution in [0.3, 0.4) is 0 Å². The summed E-state index contributed by atoms with van der Waals surface area (Å²) in [6.07, 6.45) is 1.60. The summed E-state index contributed by atoms with van der Waals surface area (Å²) in [5.74, 6) is -0.323. The van der Waals surface area contributed by atoms with Crippen LogP contribution in [0.1, 0.15) is 18.2 Å². The van der Waals surface area contributed by atoms with Crippen LogP contribution in [0.2, 0.25) is 5.02 Å². The third-order valence-electron chi connectivity index (χ3n) is 3.68. The summed E-state index contributed by atoms with van der Waals surface area (Å²) >= 11 is 5.94. The molecular formula is C16H14ClN3O2. The standard InChI is InChI=1S/C16H14ClN3O2/c1-16(13-7-2-3-8-18-13)14(21)20(15(22)19-16)10-11-5-4-6-12(17)9-11/h2-9H,10H2,1H3,(H,19,22)/t16-/m0/s1. The van der Waals surface area contributed by atoms with Gasteiger partial charge >= 0.3 is 6.03 Å². The molecule has 2 aromatic rings. The molecule has 112 valence electrons. The smallest absolute Gasteiger partial charge is 0.318 e. The highest BCUT2D eigenvalue weighted by atomic mass is 35.5. The van der Waals surface area contributed by atoms with Gasteiger partial charge in [0.25, 0.3) is 5.91 Å². The number of urea groups is 1. The highest BCUT2D eigenvalue weighted by Gasteiger charge is 2.49. The van der Waals surface area contributed by atoms with E-state index < -0.39 is 11.6 Å². The Kier molecular flexibility index (Phi) is 3.58. The SMILES string of the molecule is C[C@@]1(c2ccccn2)NC(=O)N(Cc2cccc(Cl)c2)C1=O. The average molecular weight is 316 g/mol. The number of hydrogen-bond acceptors (Lipinski definition) is 3. The normalized spacial score (nSPS) is 21.1. The number of rotatable bonds is 3. The third kappa shape index (κ3) is 2.44. The summed E-state index contributed by atoms with van der Waals surface area (Å²) in [6, 6.07) is 11.9. The van der Waals surface area contributed by atoms with E-state index in [1.54, 1.807) is 49.5 Å². The number of halogens is 1. The van der Waals surface area contributed by atoms with Gasteiger partial charge < -0.3 is 5.32 Å². The fourth-order valence-corrected chi connectivity index (χ4v) is 2.70. The monoisotopic (exact) mass is 315 g/mol. The molecule has 5 nitrogen and oxygen atoms in total. The first-order valence-electron chi connectivity index (χ1n) is 6.81. The Morgan fingerprint density at radius 2 is 2.05 bits per heavy atom. The third-order valence-corrected chi connectivity index (χ3v) is 3.92. The number of amides is 3. The van der Waals surface area contributed by atoms with Gasteiger partial charge in [-0.3, -0.25) is 14.7 Å². The molecule has 2 heterocycles. The van der Waals surface area contributed by atoms with Gasteiger partial charge in [-0.2, -0.15) is 0 Å². The Morgan fingerprint density at radius 3 is 2.73 bits per heavy atom. The number of imide groups is 1. The molecule has 0 radical (unpaired) electrons. The second-order valence-electron chi connectivity index (χ2n) is 5.29. The quantitative estimate of drug-likeness (QED) is 0.886. The summed E-state index contributed by atoms with van der Waals surface area (Å²) in [4.78, 5) is 30.3. The number of pyridine rings is 1. The molecule has 0 unspecified atom stereocenters. The van der Waals surface area contributed by atoms with Crippen LogP contribution in [-0.4, -0.2) is 21.8 Å². The van der Waals surface area contributed by atoms with Gasteiger partial charge in [0.1, 0.15) is 0 Å². The van der Waals surface area contributed by atoms with Crippen molar-refractivity contribution < 1.29 is 9.59 Å².